The van der Waals surface area contributed by atoms with E-state index in [0.29, 0.717) is 30.5 Å². The van der Waals surface area contributed by atoms with Crippen LogP contribution in [-0.2, 0) is 11.8 Å². The van der Waals surface area contributed by atoms with E-state index in [1.807, 2.05) is 36.3 Å². The molecule has 1 N–H and O–H groups in total. The van der Waals surface area contributed by atoms with Crippen molar-refractivity contribution in [2.45, 2.75) is 24.8 Å². The van der Waals surface area contributed by atoms with Gasteiger partial charge in [0.15, 0.2) is 0 Å². The first-order valence-corrected chi connectivity index (χ1v) is 9.35. The summed E-state index contributed by atoms with van der Waals surface area (Å²) in [7, 11) is 3.63. The summed E-state index contributed by atoms with van der Waals surface area (Å²) in [5.74, 6) is 1.33. The van der Waals surface area contributed by atoms with Gasteiger partial charge in [-0.05, 0) is 32.0 Å². The van der Waals surface area contributed by atoms with Gasteiger partial charge in [-0.15, -0.1) is 0 Å². The van der Waals surface area contributed by atoms with Gasteiger partial charge in [0.25, 0.3) is 0 Å². The number of likely N-dealkylation sites (N-methyl/N-ethyl adjacent to an activating group) is 1. The van der Waals surface area contributed by atoms with Crippen LogP contribution in [0.1, 0.15) is 36.3 Å². The van der Waals surface area contributed by atoms with Crippen molar-refractivity contribution in [2.24, 2.45) is 7.05 Å². The van der Waals surface area contributed by atoms with Gasteiger partial charge in [-0.25, -0.2) is 0 Å². The van der Waals surface area contributed by atoms with Crippen molar-refractivity contribution in [3.8, 4) is 11.5 Å². The van der Waals surface area contributed by atoms with Gasteiger partial charge in [0, 0.05) is 44.0 Å². The topological polar surface area (TPSA) is 102 Å². The van der Waals surface area contributed by atoms with Crippen molar-refractivity contribution in [2.75, 3.05) is 20.1 Å². The summed E-state index contributed by atoms with van der Waals surface area (Å²) < 4.78 is 7.17. The van der Waals surface area contributed by atoms with E-state index in [4.69, 9.17) is 4.52 Å². The quantitative estimate of drug-likeness (QED) is 0.715. The lowest BCUT2D eigenvalue weighted by Gasteiger charge is -2.32. The number of likely N-dealkylation sites (tertiary alicyclic amines) is 1. The predicted octanol–water partition coefficient (Wildman–Crippen LogP) is 1.53. The van der Waals surface area contributed by atoms with E-state index >= 15 is 0 Å². The second-order valence-corrected chi connectivity index (χ2v) is 6.94. The van der Waals surface area contributed by atoms with Crippen LogP contribution in [0.15, 0.2) is 41.3 Å². The van der Waals surface area contributed by atoms with E-state index < -0.39 is 0 Å². The Bertz CT molecular complexity index is 929. The molecule has 28 heavy (non-hydrogen) atoms. The van der Waals surface area contributed by atoms with Gasteiger partial charge in [0.05, 0.1) is 6.20 Å². The summed E-state index contributed by atoms with van der Waals surface area (Å²) in [4.78, 5) is 23.6. The summed E-state index contributed by atoms with van der Waals surface area (Å²) in [5.41, 5.74) is 1.56. The first-order valence-electron chi connectivity index (χ1n) is 9.35. The number of hydrogen-bond donors (Lipinski definition) is 1. The SMILES string of the molecule is CNC(C(=O)N1CCC(c2nc(-c3ccccn3)no2)CC1)c1cnn(C)c1. The van der Waals surface area contributed by atoms with E-state index in [2.05, 4.69) is 25.5 Å². The van der Waals surface area contributed by atoms with Crippen molar-refractivity contribution >= 4 is 5.91 Å². The molecule has 0 saturated carbocycles. The molecule has 146 valence electrons. The predicted molar refractivity (Wildman–Crippen MR) is 101 cm³/mol. The highest BCUT2D eigenvalue weighted by atomic mass is 16.5. The van der Waals surface area contributed by atoms with Gasteiger partial charge in [-0.2, -0.15) is 10.1 Å². The number of nitrogens with zero attached hydrogens (tertiary/aromatic N) is 6. The van der Waals surface area contributed by atoms with Crippen LogP contribution < -0.4 is 5.32 Å². The number of hydrogen-bond acceptors (Lipinski definition) is 7. The van der Waals surface area contributed by atoms with E-state index in [0.717, 1.165) is 18.4 Å². The molecule has 1 amide bonds. The smallest absolute Gasteiger partial charge is 0.244 e. The molecule has 1 fully saturated rings. The van der Waals surface area contributed by atoms with Gasteiger partial charge in [0.1, 0.15) is 11.7 Å². The molecule has 1 saturated heterocycles. The molecule has 0 bridgehead atoms. The number of aryl methyl sites for hydroxylation is 1. The largest absolute Gasteiger partial charge is 0.341 e. The molecule has 1 aliphatic rings. The number of pyridine rings is 1. The lowest BCUT2D eigenvalue weighted by Crippen LogP contribution is -2.43. The number of carbonyl (C=O) groups is 1. The van der Waals surface area contributed by atoms with Gasteiger partial charge >= 0.3 is 0 Å². The highest BCUT2D eigenvalue weighted by Gasteiger charge is 2.31. The molecule has 1 unspecified atom stereocenters. The average Bonchev–Trinajstić information content (AvgIpc) is 3.39. The summed E-state index contributed by atoms with van der Waals surface area (Å²) >= 11 is 0. The molecule has 1 aliphatic heterocycles. The number of piperidine rings is 1. The summed E-state index contributed by atoms with van der Waals surface area (Å²) in [6, 6.07) is 5.21. The van der Waals surface area contributed by atoms with Gasteiger partial charge in [-0.3, -0.25) is 14.5 Å². The van der Waals surface area contributed by atoms with E-state index in [1.54, 1.807) is 24.1 Å². The molecule has 0 spiro atoms. The number of carbonyl (C=O) groups excluding carboxylic acids is 1. The first-order chi connectivity index (χ1) is 13.7. The van der Waals surface area contributed by atoms with Crippen LogP contribution in [0.2, 0.25) is 0 Å². The number of rotatable bonds is 5. The second kappa shape index (κ2) is 7.89. The minimum atomic E-state index is -0.385. The van der Waals surface area contributed by atoms with Crippen LogP contribution in [0.5, 0.6) is 0 Å². The molecule has 1 atom stereocenters. The van der Waals surface area contributed by atoms with Crippen LogP contribution >= 0.6 is 0 Å². The van der Waals surface area contributed by atoms with E-state index in [1.165, 1.54) is 0 Å². The highest BCUT2D eigenvalue weighted by Crippen LogP contribution is 2.29. The Morgan fingerprint density at radius 2 is 2.14 bits per heavy atom. The molecule has 4 rings (SSSR count). The lowest BCUT2D eigenvalue weighted by molar-refractivity contribution is -0.134. The number of aromatic nitrogens is 5. The van der Waals surface area contributed by atoms with Crippen molar-refractivity contribution in [1.29, 1.82) is 0 Å². The molecule has 4 heterocycles. The van der Waals surface area contributed by atoms with E-state index in [-0.39, 0.29) is 17.9 Å². The maximum Gasteiger partial charge on any atom is 0.244 e. The van der Waals surface area contributed by atoms with Crippen LogP contribution in [0.25, 0.3) is 11.5 Å². The molecular weight excluding hydrogens is 358 g/mol. The third-order valence-electron chi connectivity index (χ3n) is 5.09. The fourth-order valence-corrected chi connectivity index (χ4v) is 3.55. The summed E-state index contributed by atoms with van der Waals surface area (Å²) in [6.07, 6.45) is 6.88. The first kappa shape index (κ1) is 18.3. The minimum Gasteiger partial charge on any atom is -0.341 e. The lowest BCUT2D eigenvalue weighted by atomic mass is 9.96. The van der Waals surface area contributed by atoms with Crippen molar-refractivity contribution in [1.82, 2.24) is 35.1 Å². The van der Waals surface area contributed by atoms with Crippen LogP contribution in [-0.4, -0.2) is 55.8 Å². The highest BCUT2D eigenvalue weighted by molar-refractivity contribution is 5.83. The molecule has 0 radical (unpaired) electrons. The molecule has 0 aliphatic carbocycles. The van der Waals surface area contributed by atoms with Gasteiger partial charge < -0.3 is 14.7 Å². The van der Waals surface area contributed by atoms with Crippen molar-refractivity contribution in [3.63, 3.8) is 0 Å². The average molecular weight is 381 g/mol. The van der Waals surface area contributed by atoms with Crippen LogP contribution in [0.3, 0.4) is 0 Å². The maximum absolute atomic E-state index is 12.9. The zero-order valence-corrected chi connectivity index (χ0v) is 15.9. The Labute approximate surface area is 162 Å². The Morgan fingerprint density at radius 1 is 1.32 bits per heavy atom. The molecular formula is C19H23N7O2. The maximum atomic E-state index is 12.9. The molecule has 3 aromatic rings. The standard InChI is InChI=1S/C19H23N7O2/c1-20-16(14-11-22-25(2)12-14)19(27)26-9-6-13(7-10-26)18-23-17(24-28-18)15-5-3-4-8-21-15/h3-5,8,11-13,16,20H,6-7,9-10H2,1-2H3. The van der Waals surface area contributed by atoms with Crippen molar-refractivity contribution < 1.29 is 9.32 Å². The zero-order valence-electron chi connectivity index (χ0n) is 15.9. The normalized spacial score (nSPS) is 16.3. The molecule has 9 heteroatoms. The monoisotopic (exact) mass is 381 g/mol. The Hall–Kier alpha value is -3.07. The number of amides is 1. The molecule has 3 aromatic heterocycles. The third kappa shape index (κ3) is 3.65. The summed E-state index contributed by atoms with van der Waals surface area (Å²) in [5, 5.41) is 11.3. The molecule has 0 aromatic carbocycles. The van der Waals surface area contributed by atoms with Crippen LogP contribution in [0, 0.1) is 0 Å². The summed E-state index contributed by atoms with van der Waals surface area (Å²) in [6.45, 7) is 1.31. The minimum absolute atomic E-state index is 0.0636. The van der Waals surface area contributed by atoms with Crippen molar-refractivity contribution in [3.05, 3.63) is 48.2 Å². The Balaban J connectivity index is 1.39. The number of nitrogens with one attached hydrogen (secondary N) is 1. The fraction of sp³-hybridized carbons (Fsp3) is 0.421. The Kier molecular flexibility index (Phi) is 5.16. The van der Waals surface area contributed by atoms with Crippen LogP contribution in [0.4, 0.5) is 0 Å². The zero-order chi connectivity index (χ0) is 19.5. The fourth-order valence-electron chi connectivity index (χ4n) is 3.55. The van der Waals surface area contributed by atoms with Gasteiger partial charge in [-0.1, -0.05) is 11.2 Å². The molecule has 9 nitrogen and oxygen atoms in total. The third-order valence-corrected chi connectivity index (χ3v) is 5.09. The van der Waals surface area contributed by atoms with Gasteiger partial charge in [0.2, 0.25) is 17.6 Å². The second-order valence-electron chi connectivity index (χ2n) is 6.94. The van der Waals surface area contributed by atoms with E-state index in [9.17, 15) is 4.79 Å². The Morgan fingerprint density at radius 3 is 2.79 bits per heavy atom.